The smallest absolute Gasteiger partial charge is 0.361 e. The molecule has 0 aliphatic carbocycles. The van der Waals surface area contributed by atoms with Gasteiger partial charge in [-0.15, -0.1) is 0 Å². The third-order valence-electron chi connectivity index (χ3n) is 3.78. The normalized spacial score (nSPS) is 12.5. The van der Waals surface area contributed by atoms with Crippen LogP contribution in [0.5, 0.6) is 0 Å². The summed E-state index contributed by atoms with van der Waals surface area (Å²) in [6.07, 6.45) is -0.514. The minimum atomic E-state index is -4.29. The van der Waals surface area contributed by atoms with Crippen LogP contribution in [0.3, 0.4) is 0 Å². The predicted octanol–water partition coefficient (Wildman–Crippen LogP) is 4.46. The predicted molar refractivity (Wildman–Crippen MR) is 79.4 cm³/mol. The van der Waals surface area contributed by atoms with Crippen LogP contribution in [0.1, 0.15) is 31.4 Å². The van der Waals surface area contributed by atoms with Crippen LogP contribution >= 0.6 is 0 Å². The molecule has 1 N–H and O–H groups in total. The van der Waals surface area contributed by atoms with Gasteiger partial charge in [-0.2, -0.15) is 13.2 Å². The maximum atomic E-state index is 12.7. The molecule has 2 aromatic rings. The van der Waals surface area contributed by atoms with Gasteiger partial charge in [-0.3, -0.25) is 0 Å². The first-order valence-electron chi connectivity index (χ1n) is 7.35. The van der Waals surface area contributed by atoms with Gasteiger partial charge in [0.25, 0.3) is 0 Å². The van der Waals surface area contributed by atoms with Crippen LogP contribution in [-0.4, -0.2) is 29.5 Å². The van der Waals surface area contributed by atoms with Crippen molar-refractivity contribution in [2.75, 3.05) is 19.6 Å². The van der Waals surface area contributed by atoms with Gasteiger partial charge >= 0.3 is 6.18 Å². The number of likely N-dealkylation sites (N-methyl/N-ethyl adjacent to an activating group) is 1. The number of nitrogens with one attached hydrogen (secondary N) is 1. The van der Waals surface area contributed by atoms with E-state index in [0.29, 0.717) is 5.52 Å². The monoisotopic (exact) mass is 298 g/mol. The van der Waals surface area contributed by atoms with E-state index < -0.39 is 11.7 Å². The zero-order valence-corrected chi connectivity index (χ0v) is 12.4. The molecule has 2 nitrogen and oxygen atoms in total. The lowest BCUT2D eigenvalue weighted by Gasteiger charge is -2.19. The van der Waals surface area contributed by atoms with E-state index in [1.807, 2.05) is 6.20 Å². The summed E-state index contributed by atoms with van der Waals surface area (Å²) < 4.78 is 38.1. The highest BCUT2D eigenvalue weighted by Gasteiger charge is 2.30. The average Bonchev–Trinajstić information content (AvgIpc) is 2.85. The Morgan fingerprint density at radius 3 is 2.52 bits per heavy atom. The van der Waals surface area contributed by atoms with Crippen molar-refractivity contribution >= 4 is 10.9 Å². The fourth-order valence-corrected chi connectivity index (χ4v) is 2.59. The van der Waals surface area contributed by atoms with Crippen LogP contribution < -0.4 is 0 Å². The summed E-state index contributed by atoms with van der Waals surface area (Å²) in [6, 6.07) is 3.91. The molecule has 2 rings (SSSR count). The molecule has 0 saturated carbocycles. The summed E-state index contributed by atoms with van der Waals surface area (Å²) in [7, 11) is 0. The summed E-state index contributed by atoms with van der Waals surface area (Å²) in [5.74, 6) is 0. The molecule has 1 aromatic carbocycles. The number of hydrogen-bond acceptors (Lipinski definition) is 1. The zero-order valence-electron chi connectivity index (χ0n) is 12.4. The lowest BCUT2D eigenvalue weighted by Crippen LogP contribution is -2.26. The van der Waals surface area contributed by atoms with Crippen molar-refractivity contribution in [3.05, 3.63) is 35.5 Å². The molecule has 21 heavy (non-hydrogen) atoms. The molecule has 0 bridgehead atoms. The first kappa shape index (κ1) is 15.9. The number of rotatable bonds is 6. The van der Waals surface area contributed by atoms with Crippen LogP contribution in [0.2, 0.25) is 0 Å². The first-order valence-corrected chi connectivity index (χ1v) is 7.35. The second-order valence-corrected chi connectivity index (χ2v) is 5.26. The second kappa shape index (κ2) is 6.52. The van der Waals surface area contributed by atoms with Gasteiger partial charge in [0.2, 0.25) is 0 Å². The van der Waals surface area contributed by atoms with E-state index in [1.54, 1.807) is 6.07 Å². The highest BCUT2D eigenvalue weighted by Crippen LogP contribution is 2.32. The Labute approximate surface area is 122 Å². The maximum absolute atomic E-state index is 12.7. The molecule has 0 atom stereocenters. The van der Waals surface area contributed by atoms with Crippen LogP contribution in [-0.2, 0) is 12.6 Å². The van der Waals surface area contributed by atoms with Gasteiger partial charge in [-0.25, -0.2) is 0 Å². The van der Waals surface area contributed by atoms with Gasteiger partial charge in [-0.05, 0) is 43.6 Å². The van der Waals surface area contributed by atoms with E-state index in [1.165, 1.54) is 6.07 Å². The number of halogens is 3. The fraction of sp³-hybridized carbons (Fsp3) is 0.500. The number of alkyl halides is 3. The molecular formula is C16H21F3N2. The lowest BCUT2D eigenvalue weighted by atomic mass is 10.1. The Balaban J connectivity index is 2.15. The summed E-state index contributed by atoms with van der Waals surface area (Å²) >= 11 is 0. The summed E-state index contributed by atoms with van der Waals surface area (Å²) in [4.78, 5) is 5.31. The van der Waals surface area contributed by atoms with Crippen LogP contribution in [0.25, 0.3) is 10.9 Å². The number of benzene rings is 1. The quantitative estimate of drug-likeness (QED) is 0.834. The largest absolute Gasteiger partial charge is 0.416 e. The van der Waals surface area contributed by atoms with Crippen molar-refractivity contribution in [3.8, 4) is 0 Å². The van der Waals surface area contributed by atoms with Crippen LogP contribution in [0.15, 0.2) is 24.4 Å². The highest BCUT2D eigenvalue weighted by atomic mass is 19.4. The average molecular weight is 298 g/mol. The van der Waals surface area contributed by atoms with Crippen molar-refractivity contribution in [1.29, 1.82) is 0 Å². The van der Waals surface area contributed by atoms with Gasteiger partial charge in [0.1, 0.15) is 0 Å². The Morgan fingerprint density at radius 2 is 1.90 bits per heavy atom. The molecule has 0 unspecified atom stereocenters. The van der Waals surface area contributed by atoms with Crippen LogP contribution in [0.4, 0.5) is 13.2 Å². The third kappa shape index (κ3) is 3.79. The summed E-state index contributed by atoms with van der Waals surface area (Å²) in [5.41, 5.74) is 1.02. The minimum absolute atomic E-state index is 0.554. The molecule has 0 fully saturated rings. The second-order valence-electron chi connectivity index (χ2n) is 5.26. The van der Waals surface area contributed by atoms with Gasteiger partial charge in [0, 0.05) is 23.6 Å². The molecule has 5 heteroatoms. The molecule has 0 aliphatic heterocycles. The molecule has 0 saturated heterocycles. The topological polar surface area (TPSA) is 19.0 Å². The molecule has 1 aromatic heterocycles. The standard InChI is InChI=1S/C16H21F3N2/c1-3-8-21(4-2)9-7-12-11-20-15-10-13(16(17,18)19)5-6-14(12)15/h5-6,10-11,20H,3-4,7-9H2,1-2H3. The van der Waals surface area contributed by atoms with Crippen molar-refractivity contribution in [3.63, 3.8) is 0 Å². The lowest BCUT2D eigenvalue weighted by molar-refractivity contribution is -0.137. The van der Waals surface area contributed by atoms with E-state index in [0.717, 1.165) is 49.5 Å². The first-order chi connectivity index (χ1) is 9.95. The fourth-order valence-electron chi connectivity index (χ4n) is 2.59. The summed E-state index contributed by atoms with van der Waals surface area (Å²) in [5, 5.41) is 0.885. The molecule has 0 amide bonds. The SMILES string of the molecule is CCCN(CC)CCc1c[nH]c2cc(C(F)(F)F)ccc12. The Bertz CT molecular complexity index is 587. The van der Waals surface area contributed by atoms with Gasteiger partial charge < -0.3 is 9.88 Å². The molecule has 1 heterocycles. The number of H-pyrrole nitrogens is 1. The molecule has 0 spiro atoms. The summed E-state index contributed by atoms with van der Waals surface area (Å²) in [6.45, 7) is 7.25. The van der Waals surface area contributed by atoms with Crippen molar-refractivity contribution in [2.24, 2.45) is 0 Å². The third-order valence-corrected chi connectivity index (χ3v) is 3.78. The van der Waals surface area contributed by atoms with Crippen molar-refractivity contribution in [1.82, 2.24) is 9.88 Å². The van der Waals surface area contributed by atoms with Gasteiger partial charge in [0.15, 0.2) is 0 Å². The van der Waals surface area contributed by atoms with Crippen LogP contribution in [0, 0.1) is 0 Å². The Hall–Kier alpha value is -1.49. The molecular weight excluding hydrogens is 277 g/mol. The Morgan fingerprint density at radius 1 is 1.14 bits per heavy atom. The van der Waals surface area contributed by atoms with E-state index >= 15 is 0 Å². The zero-order chi connectivity index (χ0) is 15.5. The van der Waals surface area contributed by atoms with Crippen molar-refractivity contribution < 1.29 is 13.2 Å². The maximum Gasteiger partial charge on any atom is 0.416 e. The molecule has 0 radical (unpaired) electrons. The van der Waals surface area contributed by atoms with Gasteiger partial charge in [0.05, 0.1) is 5.56 Å². The van der Waals surface area contributed by atoms with E-state index in [-0.39, 0.29) is 0 Å². The Kier molecular flexibility index (Phi) is 4.93. The number of aromatic nitrogens is 1. The van der Waals surface area contributed by atoms with E-state index in [9.17, 15) is 13.2 Å². The van der Waals surface area contributed by atoms with Gasteiger partial charge in [-0.1, -0.05) is 19.9 Å². The van der Waals surface area contributed by atoms with Crippen molar-refractivity contribution in [2.45, 2.75) is 32.9 Å². The number of fused-ring (bicyclic) bond motifs is 1. The number of aromatic amines is 1. The van der Waals surface area contributed by atoms with E-state index in [2.05, 4.69) is 23.7 Å². The number of hydrogen-bond donors (Lipinski definition) is 1. The minimum Gasteiger partial charge on any atom is -0.361 e. The number of nitrogens with zero attached hydrogens (tertiary/aromatic N) is 1. The molecule has 116 valence electrons. The molecule has 0 aliphatic rings. The highest BCUT2D eigenvalue weighted by molar-refractivity contribution is 5.84. The van der Waals surface area contributed by atoms with E-state index in [4.69, 9.17) is 0 Å².